The second-order valence-electron chi connectivity index (χ2n) is 2.36. The molecule has 0 amide bonds. The molecule has 11 heavy (non-hydrogen) atoms. The molecule has 3 heteroatoms. The molecular weight excluding hydrogens is 160 g/mol. The van der Waals surface area contributed by atoms with Crippen LogP contribution in [0, 0.1) is 0 Å². The van der Waals surface area contributed by atoms with Crippen molar-refractivity contribution in [1.82, 2.24) is 0 Å². The zero-order valence-electron chi connectivity index (χ0n) is 7.00. The van der Waals surface area contributed by atoms with Crippen molar-refractivity contribution in [2.24, 2.45) is 0 Å². The molecule has 1 atom stereocenters. The van der Waals surface area contributed by atoms with Gasteiger partial charge >= 0.3 is 0 Å². The monoisotopic (exact) mass is 174 g/mol. The first-order valence-electron chi connectivity index (χ1n) is 3.59. The molecule has 0 N–H and O–H groups in total. The van der Waals surface area contributed by atoms with E-state index in [2.05, 4.69) is 0 Å². The van der Waals surface area contributed by atoms with Gasteiger partial charge in [0, 0.05) is 23.5 Å². The molecule has 64 valence electrons. The molecule has 0 aromatic rings. The molecule has 2 nitrogen and oxygen atoms in total. The summed E-state index contributed by atoms with van der Waals surface area (Å²) in [7, 11) is -0.975. The van der Waals surface area contributed by atoms with Gasteiger partial charge in [-0.05, 0) is 13.3 Å². The Hall–Kier alpha value is -0.440. The lowest BCUT2D eigenvalue weighted by Crippen LogP contribution is -2.08. The van der Waals surface area contributed by atoms with Crippen LogP contribution in [0.1, 0.15) is 19.8 Å². The molecule has 0 aromatic heterocycles. The lowest BCUT2D eigenvalue weighted by molar-refractivity contribution is -0.116. The van der Waals surface area contributed by atoms with E-state index in [4.69, 9.17) is 0 Å². The van der Waals surface area contributed by atoms with E-state index < -0.39 is 10.8 Å². The van der Waals surface area contributed by atoms with Crippen molar-refractivity contribution < 1.29 is 9.00 Å². The predicted octanol–water partition coefficient (Wildman–Crippen LogP) is 1.29. The number of carbonyl (C=O) groups excluding carboxylic acids is 1. The first kappa shape index (κ1) is 10.6. The van der Waals surface area contributed by atoms with Gasteiger partial charge in [-0.25, -0.2) is 0 Å². The quantitative estimate of drug-likeness (QED) is 0.588. The normalized spacial score (nSPS) is 13.6. The Bertz CT molecular complexity index is 173. The highest BCUT2D eigenvalue weighted by Crippen LogP contribution is 1.93. The largest absolute Gasteiger partial charge is 0.299 e. The minimum atomic E-state index is -0.975. The fraction of sp³-hybridized carbons (Fsp3) is 0.625. The number of rotatable bonds is 5. The zero-order chi connectivity index (χ0) is 8.69. The van der Waals surface area contributed by atoms with Crippen molar-refractivity contribution in [2.75, 3.05) is 12.0 Å². The van der Waals surface area contributed by atoms with Crippen LogP contribution in [0.3, 0.4) is 0 Å². The fourth-order valence-electron chi connectivity index (χ4n) is 0.710. The standard InChI is InChI=1S/C8H14O2S/c1-3-4-5-6-8(9)7-11(2)10/h3-4H,5-7H2,1-2H3/b4-3+. The van der Waals surface area contributed by atoms with Crippen LogP contribution in [0.25, 0.3) is 0 Å². The molecule has 0 aliphatic heterocycles. The molecule has 0 heterocycles. The van der Waals surface area contributed by atoms with Crippen LogP contribution in [-0.4, -0.2) is 22.0 Å². The summed E-state index contributed by atoms with van der Waals surface area (Å²) in [4.78, 5) is 10.9. The van der Waals surface area contributed by atoms with Crippen molar-refractivity contribution in [1.29, 1.82) is 0 Å². The molecule has 0 aliphatic rings. The molecular formula is C8H14O2S. The average molecular weight is 174 g/mol. The molecule has 0 spiro atoms. The number of hydrogen-bond acceptors (Lipinski definition) is 2. The third-order valence-corrected chi connectivity index (χ3v) is 1.92. The maximum atomic E-state index is 10.9. The summed E-state index contributed by atoms with van der Waals surface area (Å²) in [6.07, 6.45) is 6.69. The number of carbonyl (C=O) groups is 1. The third-order valence-electron chi connectivity index (χ3n) is 1.19. The summed E-state index contributed by atoms with van der Waals surface area (Å²) in [5.74, 6) is 0.293. The number of Topliss-reactive ketones (excluding diaryl/α,β-unsaturated/α-hetero) is 1. The topological polar surface area (TPSA) is 34.1 Å². The molecule has 0 aromatic carbocycles. The van der Waals surface area contributed by atoms with Gasteiger partial charge in [0.05, 0.1) is 5.75 Å². The Labute approximate surface area is 70.1 Å². The third kappa shape index (κ3) is 7.46. The first-order chi connectivity index (χ1) is 5.16. The lowest BCUT2D eigenvalue weighted by atomic mass is 10.2. The molecule has 0 bridgehead atoms. The van der Waals surface area contributed by atoms with E-state index in [1.165, 1.54) is 0 Å². The first-order valence-corrected chi connectivity index (χ1v) is 5.32. The van der Waals surface area contributed by atoms with Crippen LogP contribution in [0.5, 0.6) is 0 Å². The molecule has 0 fully saturated rings. The highest BCUT2D eigenvalue weighted by atomic mass is 32.2. The van der Waals surface area contributed by atoms with E-state index in [1.807, 2.05) is 19.1 Å². The maximum absolute atomic E-state index is 10.9. The summed E-state index contributed by atoms with van der Waals surface area (Å²) >= 11 is 0. The minimum Gasteiger partial charge on any atom is -0.299 e. The van der Waals surface area contributed by atoms with Crippen molar-refractivity contribution in [3.63, 3.8) is 0 Å². The van der Waals surface area contributed by atoms with Gasteiger partial charge < -0.3 is 0 Å². The van der Waals surface area contributed by atoms with Gasteiger partial charge in [0.2, 0.25) is 0 Å². The van der Waals surface area contributed by atoms with Crippen LogP contribution in [0.4, 0.5) is 0 Å². The lowest BCUT2D eigenvalue weighted by Gasteiger charge is -1.93. The van der Waals surface area contributed by atoms with E-state index in [-0.39, 0.29) is 11.5 Å². The fourth-order valence-corrected chi connectivity index (χ4v) is 1.31. The Morgan fingerprint density at radius 1 is 1.55 bits per heavy atom. The summed E-state index contributed by atoms with van der Waals surface area (Å²) in [5.41, 5.74) is 0. The Kier molecular flexibility index (Phi) is 6.03. The van der Waals surface area contributed by atoms with Gasteiger partial charge in [-0.3, -0.25) is 9.00 Å². The Balaban J connectivity index is 3.45. The van der Waals surface area contributed by atoms with Crippen molar-refractivity contribution in [3.8, 4) is 0 Å². The van der Waals surface area contributed by atoms with E-state index in [0.29, 0.717) is 6.42 Å². The van der Waals surface area contributed by atoms with Gasteiger partial charge in [0.25, 0.3) is 0 Å². The molecule has 1 unspecified atom stereocenters. The van der Waals surface area contributed by atoms with E-state index in [1.54, 1.807) is 6.26 Å². The summed E-state index contributed by atoms with van der Waals surface area (Å²) in [5, 5.41) is 0. The van der Waals surface area contributed by atoms with Crippen molar-refractivity contribution >= 4 is 16.6 Å². The van der Waals surface area contributed by atoms with Crippen molar-refractivity contribution in [2.45, 2.75) is 19.8 Å². The highest BCUT2D eigenvalue weighted by Gasteiger charge is 2.01. The smallest absolute Gasteiger partial charge is 0.145 e. The second kappa shape index (κ2) is 6.28. The number of hydrogen-bond donors (Lipinski definition) is 0. The predicted molar refractivity (Wildman–Crippen MR) is 48.0 cm³/mol. The van der Waals surface area contributed by atoms with Gasteiger partial charge in [0.1, 0.15) is 5.78 Å². The van der Waals surface area contributed by atoms with Gasteiger partial charge in [-0.15, -0.1) is 0 Å². The van der Waals surface area contributed by atoms with E-state index in [9.17, 15) is 9.00 Å². The van der Waals surface area contributed by atoms with Crippen LogP contribution in [0.2, 0.25) is 0 Å². The Morgan fingerprint density at radius 3 is 2.64 bits per heavy atom. The van der Waals surface area contributed by atoms with Gasteiger partial charge in [0.15, 0.2) is 0 Å². The van der Waals surface area contributed by atoms with Crippen LogP contribution >= 0.6 is 0 Å². The molecule has 0 rings (SSSR count). The summed E-state index contributed by atoms with van der Waals surface area (Å²) < 4.78 is 10.6. The van der Waals surface area contributed by atoms with Gasteiger partial charge in [-0.1, -0.05) is 12.2 Å². The zero-order valence-corrected chi connectivity index (χ0v) is 7.82. The summed E-state index contributed by atoms with van der Waals surface area (Å²) in [6.45, 7) is 1.92. The summed E-state index contributed by atoms with van der Waals surface area (Å²) in [6, 6.07) is 0. The average Bonchev–Trinajstić information content (AvgIpc) is 1.86. The van der Waals surface area contributed by atoms with E-state index in [0.717, 1.165) is 6.42 Å². The molecule has 0 radical (unpaired) electrons. The molecule has 0 saturated carbocycles. The second-order valence-corrected chi connectivity index (χ2v) is 3.80. The minimum absolute atomic E-state index is 0.0870. The van der Waals surface area contributed by atoms with Crippen LogP contribution in [0.15, 0.2) is 12.2 Å². The van der Waals surface area contributed by atoms with Crippen LogP contribution < -0.4 is 0 Å². The SMILES string of the molecule is C/C=C/CCC(=O)CS(C)=O. The van der Waals surface area contributed by atoms with E-state index >= 15 is 0 Å². The van der Waals surface area contributed by atoms with Gasteiger partial charge in [-0.2, -0.15) is 0 Å². The van der Waals surface area contributed by atoms with Crippen molar-refractivity contribution in [3.05, 3.63) is 12.2 Å². The number of ketones is 1. The maximum Gasteiger partial charge on any atom is 0.145 e. The van der Waals surface area contributed by atoms with Crippen LogP contribution in [-0.2, 0) is 15.6 Å². The number of allylic oxidation sites excluding steroid dienone is 2. The highest BCUT2D eigenvalue weighted by molar-refractivity contribution is 7.85. The molecule has 0 saturated heterocycles. The Morgan fingerprint density at radius 2 is 2.18 bits per heavy atom. The molecule has 0 aliphatic carbocycles.